The molecule has 0 aliphatic rings. The van der Waals surface area contributed by atoms with Crippen LogP contribution < -0.4 is 10.2 Å². The number of hydroxylamine groups is 1. The minimum absolute atomic E-state index is 0.337. The third kappa shape index (κ3) is 3.76. The monoisotopic (exact) mass is 374 g/mol. The van der Waals surface area contributed by atoms with Gasteiger partial charge in [0.15, 0.2) is 0 Å². The fraction of sp³-hybridized carbons (Fsp3) is 0.174. The molecule has 3 aromatic carbocycles. The van der Waals surface area contributed by atoms with Crippen molar-refractivity contribution >= 4 is 10.8 Å². The Morgan fingerprint density at radius 3 is 2.50 bits per heavy atom. The van der Waals surface area contributed by atoms with Crippen molar-refractivity contribution in [2.75, 3.05) is 6.54 Å². The summed E-state index contributed by atoms with van der Waals surface area (Å²) in [6.07, 6.45) is 0.736. The van der Waals surface area contributed by atoms with E-state index in [0.717, 1.165) is 45.5 Å². The summed E-state index contributed by atoms with van der Waals surface area (Å²) in [4.78, 5) is 4.61. The van der Waals surface area contributed by atoms with Crippen molar-refractivity contribution in [2.24, 2.45) is 0 Å². The van der Waals surface area contributed by atoms with E-state index in [9.17, 15) is 0 Å². The first-order valence-corrected chi connectivity index (χ1v) is 9.28. The molecule has 1 aromatic heterocycles. The average Bonchev–Trinajstić information content (AvgIpc) is 3.12. The van der Waals surface area contributed by atoms with E-state index in [1.807, 2.05) is 67.6 Å². The molecule has 0 radical (unpaired) electrons. The second-order valence-electron chi connectivity index (χ2n) is 6.60. The number of aryl methyl sites for hydroxylation is 1. The van der Waals surface area contributed by atoms with Gasteiger partial charge in [-0.2, -0.15) is 0 Å². The van der Waals surface area contributed by atoms with Crippen molar-refractivity contribution in [1.29, 1.82) is 0 Å². The molecular weight excluding hydrogens is 352 g/mol. The minimum atomic E-state index is 0.337. The molecule has 5 nitrogen and oxygen atoms in total. The maximum atomic E-state index is 8.88. The molecule has 0 aliphatic heterocycles. The molecule has 2 N–H and O–H groups in total. The van der Waals surface area contributed by atoms with E-state index >= 15 is 0 Å². The first-order chi connectivity index (χ1) is 13.8. The number of hydrogen-bond donors (Lipinski definition) is 2. The highest BCUT2D eigenvalue weighted by Gasteiger charge is 2.13. The van der Waals surface area contributed by atoms with Crippen LogP contribution in [0.4, 0.5) is 0 Å². The number of nitrogens with one attached hydrogen (secondary N) is 1. The number of oxazole rings is 1. The van der Waals surface area contributed by atoms with Crippen molar-refractivity contribution < 1.29 is 14.4 Å². The summed E-state index contributed by atoms with van der Waals surface area (Å²) >= 11 is 0. The van der Waals surface area contributed by atoms with E-state index in [1.165, 1.54) is 0 Å². The lowest BCUT2D eigenvalue weighted by molar-refractivity contribution is 0.168. The predicted molar refractivity (Wildman–Crippen MR) is 108 cm³/mol. The predicted octanol–water partition coefficient (Wildman–Crippen LogP) is 4.90. The second-order valence-corrected chi connectivity index (χ2v) is 6.60. The zero-order chi connectivity index (χ0) is 19.3. The molecule has 0 bridgehead atoms. The number of ether oxygens (including phenoxy) is 1. The molecule has 4 rings (SSSR count). The Morgan fingerprint density at radius 1 is 0.964 bits per heavy atom. The second kappa shape index (κ2) is 8.25. The summed E-state index contributed by atoms with van der Waals surface area (Å²) in [5.41, 5.74) is 5.11. The molecular formula is C23H22N2O3. The highest BCUT2D eigenvalue weighted by atomic mass is 16.5. The van der Waals surface area contributed by atoms with Gasteiger partial charge < -0.3 is 14.4 Å². The first kappa shape index (κ1) is 18.2. The van der Waals surface area contributed by atoms with Crippen molar-refractivity contribution in [3.8, 4) is 17.2 Å². The van der Waals surface area contributed by atoms with E-state index in [0.29, 0.717) is 19.0 Å². The third-order valence-electron chi connectivity index (χ3n) is 4.76. The zero-order valence-electron chi connectivity index (χ0n) is 15.7. The van der Waals surface area contributed by atoms with Crippen LogP contribution in [0.2, 0.25) is 0 Å². The Bertz CT molecular complexity index is 1070. The largest absolute Gasteiger partial charge is 0.487 e. The highest BCUT2D eigenvalue weighted by Crippen LogP contribution is 2.30. The molecule has 0 aliphatic carbocycles. The van der Waals surface area contributed by atoms with Crippen LogP contribution in [-0.4, -0.2) is 16.7 Å². The summed E-state index contributed by atoms with van der Waals surface area (Å²) in [5, 5.41) is 11.1. The summed E-state index contributed by atoms with van der Waals surface area (Å²) in [7, 11) is 0. The van der Waals surface area contributed by atoms with Crippen LogP contribution in [0.25, 0.3) is 22.2 Å². The molecule has 0 fully saturated rings. The quantitative estimate of drug-likeness (QED) is 0.450. The van der Waals surface area contributed by atoms with Crippen LogP contribution >= 0.6 is 0 Å². The van der Waals surface area contributed by atoms with Crippen LogP contribution in [0.3, 0.4) is 0 Å². The molecule has 0 spiro atoms. The van der Waals surface area contributed by atoms with Crippen LogP contribution in [0, 0.1) is 6.92 Å². The molecule has 0 unspecified atom stereocenters. The van der Waals surface area contributed by atoms with Gasteiger partial charge in [0, 0.05) is 17.5 Å². The van der Waals surface area contributed by atoms with E-state index in [4.69, 9.17) is 14.4 Å². The van der Waals surface area contributed by atoms with Crippen LogP contribution in [0.15, 0.2) is 71.1 Å². The van der Waals surface area contributed by atoms with Crippen molar-refractivity contribution in [2.45, 2.75) is 20.0 Å². The van der Waals surface area contributed by atoms with Gasteiger partial charge in [0.25, 0.3) is 0 Å². The van der Waals surface area contributed by atoms with Gasteiger partial charge in [-0.25, -0.2) is 10.5 Å². The summed E-state index contributed by atoms with van der Waals surface area (Å²) in [5.74, 6) is 2.17. The van der Waals surface area contributed by atoms with Crippen LogP contribution in [-0.2, 0) is 13.0 Å². The lowest BCUT2D eigenvalue weighted by atomic mass is 10.0. The molecule has 28 heavy (non-hydrogen) atoms. The third-order valence-corrected chi connectivity index (χ3v) is 4.76. The molecule has 4 aromatic rings. The molecule has 0 saturated carbocycles. The number of nitrogens with zero attached hydrogens (tertiary/aromatic N) is 1. The average molecular weight is 374 g/mol. The topological polar surface area (TPSA) is 67.5 Å². The Hall–Kier alpha value is -3.15. The maximum Gasteiger partial charge on any atom is 0.226 e. The number of fused-ring (bicyclic) bond motifs is 1. The molecule has 0 amide bonds. The zero-order valence-corrected chi connectivity index (χ0v) is 15.7. The first-order valence-electron chi connectivity index (χ1n) is 9.28. The number of hydrogen-bond acceptors (Lipinski definition) is 5. The van der Waals surface area contributed by atoms with Crippen LogP contribution in [0.1, 0.15) is 17.0 Å². The van der Waals surface area contributed by atoms with E-state index in [1.54, 1.807) is 0 Å². The lowest BCUT2D eigenvalue weighted by Crippen LogP contribution is -2.11. The molecule has 0 saturated heterocycles. The molecule has 1 heterocycles. The number of aromatic nitrogens is 1. The Balaban J connectivity index is 1.57. The van der Waals surface area contributed by atoms with Crippen molar-refractivity contribution in [3.05, 3.63) is 83.7 Å². The van der Waals surface area contributed by atoms with Crippen molar-refractivity contribution in [3.63, 3.8) is 0 Å². The van der Waals surface area contributed by atoms with Gasteiger partial charge in [-0.05, 0) is 42.5 Å². The normalized spacial score (nSPS) is 11.1. The Labute approximate surface area is 163 Å². The number of benzene rings is 3. The highest BCUT2D eigenvalue weighted by molar-refractivity contribution is 5.91. The van der Waals surface area contributed by atoms with E-state index in [2.05, 4.69) is 16.5 Å². The lowest BCUT2D eigenvalue weighted by Gasteiger charge is -2.12. The summed E-state index contributed by atoms with van der Waals surface area (Å²) in [6, 6.07) is 22.0. The van der Waals surface area contributed by atoms with E-state index in [-0.39, 0.29) is 0 Å². The number of rotatable bonds is 7. The summed E-state index contributed by atoms with van der Waals surface area (Å²) < 4.78 is 11.9. The van der Waals surface area contributed by atoms with Gasteiger partial charge in [0.05, 0.1) is 0 Å². The SMILES string of the molecule is Cc1oc(-c2ccccc2)nc1COc1ccc(CCNO)c2ccccc12. The van der Waals surface area contributed by atoms with Gasteiger partial charge in [-0.15, -0.1) is 0 Å². The van der Waals surface area contributed by atoms with Crippen molar-refractivity contribution in [1.82, 2.24) is 10.5 Å². The van der Waals surface area contributed by atoms with Crippen LogP contribution in [0.5, 0.6) is 5.75 Å². The fourth-order valence-electron chi connectivity index (χ4n) is 3.28. The van der Waals surface area contributed by atoms with Gasteiger partial charge in [-0.3, -0.25) is 0 Å². The van der Waals surface area contributed by atoms with Gasteiger partial charge in [-0.1, -0.05) is 48.5 Å². The van der Waals surface area contributed by atoms with Gasteiger partial charge >= 0.3 is 0 Å². The standard InChI is InChI=1S/C23H22N2O3/c1-16-21(25-23(28-16)18-7-3-2-4-8-18)15-27-22-12-11-17(13-14-24-26)19-9-5-6-10-20(19)22/h2-12,24,26H,13-15H2,1H3. The molecule has 0 atom stereocenters. The molecule has 142 valence electrons. The summed E-state index contributed by atoms with van der Waals surface area (Å²) in [6.45, 7) is 2.75. The van der Waals surface area contributed by atoms with Gasteiger partial charge in [0.2, 0.25) is 5.89 Å². The van der Waals surface area contributed by atoms with Gasteiger partial charge in [0.1, 0.15) is 23.8 Å². The molecule has 5 heteroatoms. The maximum absolute atomic E-state index is 8.88. The smallest absolute Gasteiger partial charge is 0.226 e. The fourth-order valence-corrected chi connectivity index (χ4v) is 3.28. The Kier molecular flexibility index (Phi) is 5.37. The Morgan fingerprint density at radius 2 is 1.71 bits per heavy atom. The minimum Gasteiger partial charge on any atom is -0.487 e. The van der Waals surface area contributed by atoms with E-state index < -0.39 is 0 Å².